The number of rotatable bonds is 6. The third kappa shape index (κ3) is 8.52. The predicted octanol–water partition coefficient (Wildman–Crippen LogP) is -0.0456. The number of fused-ring (bicyclic) bond motifs is 6. The fraction of sp³-hybridized carbons (Fsp3) is 0.649. The van der Waals surface area contributed by atoms with Crippen LogP contribution < -0.4 is 26.7 Å². The van der Waals surface area contributed by atoms with Crippen LogP contribution in [0.4, 0.5) is 5.69 Å². The van der Waals surface area contributed by atoms with Gasteiger partial charge in [0, 0.05) is 31.1 Å². The number of hydrogen-bond donors (Lipinski definition) is 8. The lowest BCUT2D eigenvalue weighted by Crippen LogP contribution is -2.67. The molecule has 3 saturated heterocycles. The molecule has 1 aromatic rings. The average Bonchev–Trinajstić information content (AvgIpc) is 3.73. The minimum atomic E-state index is -2.14. The molecule has 1 aliphatic carbocycles. The van der Waals surface area contributed by atoms with Crippen molar-refractivity contribution in [2.24, 2.45) is 10.8 Å². The van der Waals surface area contributed by atoms with Gasteiger partial charge >= 0.3 is 11.9 Å². The quantitative estimate of drug-likeness (QED) is 0.138. The number of nitrogens with one attached hydrogen (secondary N) is 5. The zero-order valence-corrected chi connectivity index (χ0v) is 35.1. The highest BCUT2D eigenvalue weighted by atomic mass is 35.5. The Kier molecular flexibility index (Phi) is 12.4. The van der Waals surface area contributed by atoms with E-state index in [0.29, 0.717) is 12.8 Å². The van der Waals surface area contributed by atoms with Crippen LogP contribution in [0.3, 0.4) is 0 Å². The van der Waals surface area contributed by atoms with Gasteiger partial charge in [0.15, 0.2) is 6.10 Å². The summed E-state index contributed by atoms with van der Waals surface area (Å²) >= 11 is 19.2. The summed E-state index contributed by atoms with van der Waals surface area (Å²) < 4.78 is 11.2. The van der Waals surface area contributed by atoms with E-state index in [9.17, 15) is 48.9 Å². The summed E-state index contributed by atoms with van der Waals surface area (Å²) in [4.78, 5) is 99.1. The van der Waals surface area contributed by atoms with Gasteiger partial charge in [-0.1, -0.05) is 57.0 Å². The molecule has 324 valence electrons. The number of esters is 1. The van der Waals surface area contributed by atoms with Crippen molar-refractivity contribution in [2.75, 3.05) is 25.6 Å². The standard InChI is InChI=1S/C37H48Cl3N7O12/c1-35(2,3)27-32(55)47-19(10-15(38)13-41-47)29(52)42-18(14-58-5)28(51)43-25(21(48)11-22(49)50)31(54)46-20(30(53)45-26(33(56)59-27)36(4)8-9-36)12-37(57)16-6-7-17(39)23(40)24(16)44-34(37)46/h6-7,15,18-21,25-27,34,41,44,48,57H,8-14H2,1-5H3,(H,42,52)(H,43,51)(H,45,53)(H,49,50)/t15-,18-,19-,20-,21+,25+,26-,27+,34-,37+/m0/s1. The molecule has 0 radical (unpaired) electrons. The Bertz CT molecular complexity index is 1930. The number of carboxylic acids is 1. The molecule has 5 amide bonds. The van der Waals surface area contributed by atoms with E-state index in [-0.39, 0.29) is 34.3 Å². The van der Waals surface area contributed by atoms with Gasteiger partial charge in [0.25, 0.3) is 5.91 Å². The number of benzene rings is 1. The Labute approximate surface area is 354 Å². The van der Waals surface area contributed by atoms with Crippen molar-refractivity contribution in [3.63, 3.8) is 0 Å². The second-order valence-electron chi connectivity index (χ2n) is 17.1. The maximum atomic E-state index is 14.9. The van der Waals surface area contributed by atoms with E-state index >= 15 is 0 Å². The summed E-state index contributed by atoms with van der Waals surface area (Å²) in [6.45, 7) is 6.18. The van der Waals surface area contributed by atoms with Crippen LogP contribution in [0.1, 0.15) is 65.4 Å². The van der Waals surface area contributed by atoms with E-state index in [1.807, 2.05) is 0 Å². The largest absolute Gasteiger partial charge is 0.481 e. The van der Waals surface area contributed by atoms with Crippen molar-refractivity contribution in [1.82, 2.24) is 31.3 Å². The maximum Gasteiger partial charge on any atom is 0.330 e. The number of carboxylic acid groups (broad SMARTS) is 1. The zero-order chi connectivity index (χ0) is 43.5. The number of methoxy groups -OCH3 is 1. The van der Waals surface area contributed by atoms with Crippen LogP contribution in [0.25, 0.3) is 0 Å². The number of hydrogen-bond acceptors (Lipinski definition) is 13. The number of cyclic esters (lactones) is 1. The van der Waals surface area contributed by atoms with Crippen molar-refractivity contribution in [3.8, 4) is 0 Å². The first kappa shape index (κ1) is 44.6. The molecule has 10 atom stereocenters. The molecule has 0 spiro atoms. The Morgan fingerprint density at radius 3 is 2.27 bits per heavy atom. The molecule has 1 aromatic carbocycles. The van der Waals surface area contributed by atoms with Crippen LogP contribution in [0.2, 0.25) is 10.0 Å². The molecule has 5 aliphatic rings. The van der Waals surface area contributed by atoms with E-state index in [4.69, 9.17) is 44.3 Å². The molecule has 4 aliphatic heterocycles. The van der Waals surface area contributed by atoms with Gasteiger partial charge in [0.2, 0.25) is 23.6 Å². The fourth-order valence-corrected chi connectivity index (χ4v) is 8.66. The van der Waals surface area contributed by atoms with Crippen LogP contribution in [0.5, 0.6) is 0 Å². The molecule has 4 fully saturated rings. The second-order valence-corrected chi connectivity index (χ2v) is 18.5. The molecule has 6 rings (SSSR count). The first-order valence-electron chi connectivity index (χ1n) is 19.0. The Morgan fingerprint density at radius 1 is 1.00 bits per heavy atom. The summed E-state index contributed by atoms with van der Waals surface area (Å²) in [5.41, 5.74) is -0.899. The van der Waals surface area contributed by atoms with Crippen molar-refractivity contribution in [3.05, 3.63) is 27.7 Å². The monoisotopic (exact) mass is 887 g/mol. The summed E-state index contributed by atoms with van der Waals surface area (Å²) in [5.74, 6) is -7.55. The number of hydrazine groups is 1. The topological polar surface area (TPSA) is 265 Å². The summed E-state index contributed by atoms with van der Waals surface area (Å²) in [6.07, 6.45) is -5.97. The number of amides is 5. The molecular formula is C37H48Cl3N7O12. The van der Waals surface area contributed by atoms with E-state index < -0.39 is 131 Å². The summed E-state index contributed by atoms with van der Waals surface area (Å²) in [5, 5.41) is 44.2. The van der Waals surface area contributed by atoms with Gasteiger partial charge < -0.3 is 51.0 Å². The highest BCUT2D eigenvalue weighted by Gasteiger charge is 2.63. The second kappa shape index (κ2) is 16.5. The number of carbonyl (C=O) groups is 7. The highest BCUT2D eigenvalue weighted by molar-refractivity contribution is 6.44. The van der Waals surface area contributed by atoms with E-state index in [1.54, 1.807) is 27.7 Å². The molecule has 1 saturated carbocycles. The molecule has 0 unspecified atom stereocenters. The third-order valence-corrected chi connectivity index (χ3v) is 12.7. The van der Waals surface area contributed by atoms with Gasteiger partial charge in [-0.3, -0.25) is 33.8 Å². The number of aliphatic carboxylic acids is 1. The minimum absolute atomic E-state index is 0.0182. The lowest BCUT2D eigenvalue weighted by Gasteiger charge is -2.42. The highest BCUT2D eigenvalue weighted by Crippen LogP contribution is 2.53. The van der Waals surface area contributed by atoms with Gasteiger partial charge in [-0.2, -0.15) is 0 Å². The minimum Gasteiger partial charge on any atom is -0.481 e. The molecule has 4 heterocycles. The molecule has 22 heteroatoms. The average molecular weight is 889 g/mol. The molecular weight excluding hydrogens is 841 g/mol. The summed E-state index contributed by atoms with van der Waals surface area (Å²) in [6, 6.07) is -5.30. The van der Waals surface area contributed by atoms with Crippen LogP contribution in [0.15, 0.2) is 12.1 Å². The number of alkyl halides is 1. The van der Waals surface area contributed by atoms with E-state index in [1.165, 1.54) is 19.2 Å². The number of halogens is 3. The Balaban J connectivity index is 1.49. The normalized spacial score (nSPS) is 33.1. The number of ether oxygens (including phenoxy) is 2. The molecule has 8 N–H and O–H groups in total. The molecule has 59 heavy (non-hydrogen) atoms. The zero-order valence-electron chi connectivity index (χ0n) is 32.8. The third-order valence-electron chi connectivity index (χ3n) is 11.6. The van der Waals surface area contributed by atoms with Gasteiger partial charge in [-0.05, 0) is 30.7 Å². The van der Waals surface area contributed by atoms with Gasteiger partial charge in [-0.25, -0.2) is 10.2 Å². The Morgan fingerprint density at radius 2 is 1.66 bits per heavy atom. The number of anilines is 1. The van der Waals surface area contributed by atoms with Gasteiger partial charge in [-0.15, -0.1) is 11.6 Å². The first-order valence-corrected chi connectivity index (χ1v) is 20.2. The lowest BCUT2D eigenvalue weighted by molar-refractivity contribution is -0.176. The first-order chi connectivity index (χ1) is 27.5. The van der Waals surface area contributed by atoms with Crippen molar-refractivity contribution in [2.45, 2.75) is 119 Å². The molecule has 0 aromatic heterocycles. The number of carbonyl (C=O) groups excluding carboxylic acids is 6. The maximum absolute atomic E-state index is 14.9. The van der Waals surface area contributed by atoms with Crippen molar-refractivity contribution < 1.29 is 58.4 Å². The SMILES string of the molecule is COC[C@@H]1NC(=O)[C@@H]2C[C@H](Cl)CNN2C(=O)[C@H](C(C)(C)C)OC(=O)[C@@H](C2(C)CC2)NC(=O)[C@@H]2C[C@@]3(O)c4ccc(Cl)c(Cl)c4N[C@H]3N2C(=O)[C@@H]([C@H](O)CC(=O)O)NC1=O. The fourth-order valence-electron chi connectivity index (χ4n) is 8.05. The van der Waals surface area contributed by atoms with E-state index in [2.05, 4.69) is 26.7 Å². The molecule has 0 bridgehead atoms. The smallest absolute Gasteiger partial charge is 0.330 e. The predicted molar refractivity (Wildman–Crippen MR) is 209 cm³/mol. The van der Waals surface area contributed by atoms with Crippen LogP contribution >= 0.6 is 34.8 Å². The van der Waals surface area contributed by atoms with Crippen molar-refractivity contribution >= 4 is 82.0 Å². The number of aliphatic hydroxyl groups is 2. The summed E-state index contributed by atoms with van der Waals surface area (Å²) in [7, 11) is 1.21. The van der Waals surface area contributed by atoms with Crippen LogP contribution in [0, 0.1) is 10.8 Å². The van der Waals surface area contributed by atoms with Crippen molar-refractivity contribution in [1.29, 1.82) is 0 Å². The van der Waals surface area contributed by atoms with Gasteiger partial charge in [0.05, 0.1) is 40.2 Å². The Hall–Kier alpha value is -3.98. The van der Waals surface area contributed by atoms with E-state index in [0.717, 1.165) is 9.91 Å². The number of aliphatic hydroxyl groups excluding tert-OH is 1. The van der Waals surface area contributed by atoms with Gasteiger partial charge in [0.1, 0.15) is 42.0 Å². The molecule has 19 nitrogen and oxygen atoms in total. The lowest BCUT2D eigenvalue weighted by atomic mass is 9.87. The number of nitrogens with zero attached hydrogens (tertiary/aromatic N) is 2. The van der Waals surface area contributed by atoms with Crippen LogP contribution in [-0.4, -0.2) is 141 Å². The van der Waals surface area contributed by atoms with Crippen LogP contribution in [-0.2, 0) is 48.6 Å².